The zero-order valence-electron chi connectivity index (χ0n) is 61.9. The van der Waals surface area contributed by atoms with Gasteiger partial charge in [0.05, 0.1) is 58.6 Å². The van der Waals surface area contributed by atoms with Crippen LogP contribution >= 0.6 is 15.9 Å². The number of benzene rings is 4. The highest BCUT2D eigenvalue weighted by atomic mass is 79.9. The number of halogens is 1. The number of hydrogen-bond acceptors (Lipinski definition) is 16. The molecular formula is C80H104BBrN6O16S2. The summed E-state index contributed by atoms with van der Waals surface area (Å²) < 4.78 is 70.3. The van der Waals surface area contributed by atoms with E-state index in [0.717, 1.165) is 92.5 Å². The summed E-state index contributed by atoms with van der Waals surface area (Å²) in [6.45, 7) is 18.8. The first kappa shape index (κ1) is 81.3. The maximum atomic E-state index is 14.6. The van der Waals surface area contributed by atoms with Crippen LogP contribution in [0.2, 0.25) is 0 Å². The average Bonchev–Trinajstić information content (AvgIpc) is 1.58. The fourth-order valence-corrected chi connectivity index (χ4v) is 18.1. The summed E-state index contributed by atoms with van der Waals surface area (Å²) in [6, 6.07) is 28.7. The Morgan fingerprint density at radius 2 is 0.906 bits per heavy atom. The molecule has 6 aliphatic carbocycles. The number of allylic oxidation sites excluding steroid dienone is 2. The van der Waals surface area contributed by atoms with Gasteiger partial charge >= 0.3 is 19.1 Å². The summed E-state index contributed by atoms with van der Waals surface area (Å²) in [5, 5.41) is 23.2. The Kier molecular flexibility index (Phi) is 26.2. The first-order valence-electron chi connectivity index (χ1n) is 37.4. The molecule has 12 rings (SSSR count). The fourth-order valence-electron chi connectivity index (χ4n) is 15.0. The fraction of sp³-hybridized carbons (Fsp3) is 0.550. The molecule has 2 saturated heterocycles. The van der Waals surface area contributed by atoms with Crippen LogP contribution in [0.4, 0.5) is 0 Å². The number of carbonyl (C=O) groups excluding carboxylic acids is 8. The number of ether oxygens (including phenoxy) is 2. The molecule has 4 amide bonds. The molecule has 22 nitrogen and oxygen atoms in total. The third kappa shape index (κ3) is 20.0. The minimum atomic E-state index is -4.14. The molecule has 0 bridgehead atoms. The van der Waals surface area contributed by atoms with Gasteiger partial charge in [-0.1, -0.05) is 142 Å². The van der Waals surface area contributed by atoms with E-state index in [1.807, 2.05) is 77.9 Å². The maximum Gasteiger partial charge on any atom is 0.488 e. The van der Waals surface area contributed by atoms with Crippen LogP contribution in [0, 0.1) is 57.2 Å². The van der Waals surface area contributed by atoms with Crippen LogP contribution in [0.5, 0.6) is 0 Å². The van der Waals surface area contributed by atoms with Gasteiger partial charge in [-0.05, 0) is 177 Å². The molecular weight excluding hydrogens is 1460 g/mol. The van der Waals surface area contributed by atoms with Crippen molar-refractivity contribution in [1.82, 2.24) is 29.0 Å². The normalized spacial score (nSPS) is 23.9. The molecule has 8 aliphatic rings. The third-order valence-corrected chi connectivity index (χ3v) is 26.6. The van der Waals surface area contributed by atoms with Crippen molar-refractivity contribution >= 4 is 95.7 Å². The Labute approximate surface area is 633 Å². The van der Waals surface area contributed by atoms with Gasteiger partial charge in [-0.3, -0.25) is 38.4 Å². The van der Waals surface area contributed by atoms with Crippen LogP contribution in [0.25, 0.3) is 11.1 Å². The summed E-state index contributed by atoms with van der Waals surface area (Å²) in [5.74, 6) is -4.25. The monoisotopic (exact) mass is 1560 g/mol. The number of ketones is 2. The molecule has 4 N–H and O–H groups in total. The van der Waals surface area contributed by atoms with Crippen molar-refractivity contribution in [3.63, 3.8) is 0 Å². The lowest BCUT2D eigenvalue weighted by molar-refractivity contribution is -0.156. The number of esters is 2. The van der Waals surface area contributed by atoms with E-state index in [2.05, 4.69) is 39.7 Å². The summed E-state index contributed by atoms with van der Waals surface area (Å²) >= 11 is 3.33. The summed E-state index contributed by atoms with van der Waals surface area (Å²) in [4.78, 5) is 113. The number of Topliss-reactive ketones (excluding diaryl/α,β-unsaturated/α-hetero) is 2. The van der Waals surface area contributed by atoms with Gasteiger partial charge in [0.1, 0.15) is 24.3 Å². The zero-order valence-corrected chi connectivity index (χ0v) is 65.1. The highest BCUT2D eigenvalue weighted by Crippen LogP contribution is 2.58. The number of nitrogens with one attached hydrogen (secondary N) is 2. The van der Waals surface area contributed by atoms with Gasteiger partial charge in [0.15, 0.2) is 11.6 Å². The number of sulfonamides is 2. The van der Waals surface area contributed by atoms with Crippen LogP contribution in [-0.4, -0.2) is 163 Å². The Balaban J connectivity index is 0.000000203. The highest BCUT2D eigenvalue weighted by molar-refractivity contribution is 9.10. The molecule has 0 radical (unpaired) electrons. The topological polar surface area (TPSA) is 301 Å². The summed E-state index contributed by atoms with van der Waals surface area (Å²) in [5.41, 5.74) is -1.01. The molecule has 0 unspecified atom stereocenters. The first-order chi connectivity index (χ1) is 50.2. The lowest BCUT2D eigenvalue weighted by Gasteiger charge is -2.34. The first-order valence-corrected chi connectivity index (χ1v) is 41.1. The van der Waals surface area contributed by atoms with E-state index in [9.17, 15) is 55.2 Å². The quantitative estimate of drug-likeness (QED) is 0.0233. The number of carbonyl (C=O) groups is 8. The van der Waals surface area contributed by atoms with Crippen molar-refractivity contribution in [3.05, 3.63) is 139 Å². The van der Waals surface area contributed by atoms with Crippen molar-refractivity contribution in [2.24, 2.45) is 57.2 Å². The zero-order chi connectivity index (χ0) is 76.7. The summed E-state index contributed by atoms with van der Waals surface area (Å²) in [6.07, 6.45) is 14.8. The van der Waals surface area contributed by atoms with E-state index in [1.165, 1.54) is 38.4 Å². The van der Waals surface area contributed by atoms with Crippen LogP contribution in [-0.2, 0) is 67.9 Å². The number of rotatable bonds is 28. The van der Waals surface area contributed by atoms with Gasteiger partial charge in [-0.2, -0.15) is 8.61 Å². The molecule has 572 valence electrons. The SMILES string of the molecule is C=C[C@@H]1C[C@]1(CC(=O)[C@@H]1CN(S(=O)(=O)c2ccc(-c3ccccc3)cc2)CN1C(=O)[C@@H](CC(=O)OC1CCCC1)C(C)(C)C)C(=O)NCC1CC1.C=C[C@@H]1C[C@]1(CC(=O)[C@@H]1CN(S(=O)(=O)c2ccc(Br)cc2)CN1C(=O)[C@@H](CC(=O)OC1CCCC1)C(C)(C)C)C(=O)NCC1CC1.OB(O)c1ccccc1. The highest BCUT2D eigenvalue weighted by Gasteiger charge is 2.62. The second kappa shape index (κ2) is 34.2. The Hall–Kier alpha value is -7.20. The molecule has 2 aliphatic heterocycles. The number of nitrogens with zero attached hydrogens (tertiary/aromatic N) is 4. The Morgan fingerprint density at radius 3 is 1.24 bits per heavy atom. The Morgan fingerprint density at radius 1 is 0.547 bits per heavy atom. The van der Waals surface area contributed by atoms with Crippen LogP contribution in [0.15, 0.2) is 149 Å². The van der Waals surface area contributed by atoms with E-state index in [4.69, 9.17) is 19.5 Å². The molecule has 26 heteroatoms. The van der Waals surface area contributed by atoms with Gasteiger partial charge in [-0.25, -0.2) is 16.8 Å². The minimum absolute atomic E-state index is 0.0357. The number of hydrogen-bond donors (Lipinski definition) is 4. The molecule has 0 aromatic heterocycles. The van der Waals surface area contributed by atoms with Crippen molar-refractivity contribution in [2.45, 2.75) is 191 Å². The Bertz CT molecular complexity index is 4080. The van der Waals surface area contributed by atoms with Crippen molar-refractivity contribution in [2.75, 3.05) is 39.5 Å². The minimum Gasteiger partial charge on any atom is -0.462 e. The van der Waals surface area contributed by atoms with E-state index < -0.39 is 96.5 Å². The number of amides is 4. The van der Waals surface area contributed by atoms with Gasteiger partial charge in [0.2, 0.25) is 43.7 Å². The van der Waals surface area contributed by atoms with E-state index in [1.54, 1.807) is 60.7 Å². The van der Waals surface area contributed by atoms with Gasteiger partial charge in [0.25, 0.3) is 0 Å². The van der Waals surface area contributed by atoms with Gasteiger partial charge < -0.3 is 40.0 Å². The van der Waals surface area contributed by atoms with Gasteiger partial charge in [0, 0.05) is 43.5 Å². The van der Waals surface area contributed by atoms with Gasteiger partial charge in [-0.15, -0.1) is 13.2 Å². The molecule has 106 heavy (non-hydrogen) atoms. The molecule has 4 aromatic rings. The largest absolute Gasteiger partial charge is 0.488 e. The predicted octanol–water partition coefficient (Wildman–Crippen LogP) is 9.92. The van der Waals surface area contributed by atoms with Crippen LogP contribution in [0.3, 0.4) is 0 Å². The van der Waals surface area contributed by atoms with E-state index in [-0.39, 0.29) is 109 Å². The average molecular weight is 1560 g/mol. The lowest BCUT2D eigenvalue weighted by Crippen LogP contribution is -2.49. The van der Waals surface area contributed by atoms with Crippen molar-refractivity contribution < 1.29 is 74.7 Å². The molecule has 8 atom stereocenters. The molecule has 6 saturated carbocycles. The van der Waals surface area contributed by atoms with Crippen LogP contribution < -0.4 is 16.1 Å². The second-order valence-corrected chi connectivity index (χ2v) is 37.2. The lowest BCUT2D eigenvalue weighted by atomic mass is 9.77. The molecule has 4 aromatic carbocycles. The predicted molar refractivity (Wildman–Crippen MR) is 405 cm³/mol. The molecule has 2 heterocycles. The van der Waals surface area contributed by atoms with Crippen molar-refractivity contribution in [1.29, 1.82) is 0 Å². The second-order valence-electron chi connectivity index (χ2n) is 32.4. The maximum absolute atomic E-state index is 14.6. The summed E-state index contributed by atoms with van der Waals surface area (Å²) in [7, 11) is -9.56. The third-order valence-electron chi connectivity index (χ3n) is 22.4. The van der Waals surface area contributed by atoms with E-state index in [0.29, 0.717) is 47.7 Å². The smallest absolute Gasteiger partial charge is 0.462 e. The van der Waals surface area contributed by atoms with Crippen molar-refractivity contribution in [3.8, 4) is 11.1 Å². The standard InChI is InChI=1S/C40H51N3O7S.C34H46BrN3O7S.C6H7BO2/c1-5-30-22-40(30,38(47)41-24-27-15-16-27)23-35(44)34-25-42(51(48,49)32-19-17-29(18-20-32)28-11-7-6-8-12-28)26-43(34)37(46)33(39(2,3)4)21-36(45)50-31-13-9-10-14-31;1-5-23-17-34(23,32(42)36-19-22-10-11-22)18-29(39)28-20-37(46(43,44)26-14-12-24(35)13-15-26)21-38(28)31(41)27(33(2,3)4)16-30(40)45-25-8-6-7-9-25;8-7(9)6-4-2-1-3-5-6/h5-8,11-12,17-20,27,30-31,33-34H,1,9-10,13-16,21-26H2,2-4H3,(H,41,47);5,12-15,22-23,25,27-28H,1,6-11,16-21H2,2-4H3,(H,36,42);1-5,8-9H/t30-,33-,34+,40-;23-,27-,28+,34-;/m11./s1. The van der Waals surface area contributed by atoms with E-state index >= 15 is 0 Å². The van der Waals surface area contributed by atoms with Crippen LogP contribution in [0.1, 0.15) is 157 Å². The molecule has 8 fully saturated rings. The molecule has 0 spiro atoms.